The van der Waals surface area contributed by atoms with Gasteiger partial charge in [0.15, 0.2) is 23.0 Å². The molecule has 4 rings (SSSR count). The van der Waals surface area contributed by atoms with Crippen LogP contribution < -0.4 is 15.2 Å². The SMILES string of the molecule is CCCCCCCCCCCC1=C(O)C(=O)C2=C(OC(N)=C(C#N)C2c2ccc3c(c2)OCO3)C1=O. The van der Waals surface area contributed by atoms with Gasteiger partial charge in [0.1, 0.15) is 11.6 Å². The van der Waals surface area contributed by atoms with Crippen molar-refractivity contribution < 1.29 is 28.9 Å². The number of rotatable bonds is 11. The van der Waals surface area contributed by atoms with Crippen molar-refractivity contribution in [2.24, 2.45) is 5.73 Å². The van der Waals surface area contributed by atoms with Gasteiger partial charge in [-0.05, 0) is 30.5 Å². The predicted molar refractivity (Wildman–Crippen MR) is 132 cm³/mol. The molecular weight excluding hydrogens is 460 g/mol. The Bertz CT molecular complexity index is 1190. The summed E-state index contributed by atoms with van der Waals surface area (Å²) in [7, 11) is 0. The van der Waals surface area contributed by atoms with E-state index in [0.717, 1.165) is 19.3 Å². The highest BCUT2D eigenvalue weighted by Gasteiger charge is 2.45. The van der Waals surface area contributed by atoms with Crippen LogP contribution in [0, 0.1) is 11.3 Å². The Labute approximate surface area is 211 Å². The van der Waals surface area contributed by atoms with E-state index in [1.165, 1.54) is 32.1 Å². The molecule has 3 N–H and O–H groups in total. The summed E-state index contributed by atoms with van der Waals surface area (Å²) in [5.41, 5.74) is 6.48. The van der Waals surface area contributed by atoms with Crippen LogP contribution in [0.15, 0.2) is 52.3 Å². The molecule has 0 bridgehead atoms. The van der Waals surface area contributed by atoms with Crippen LogP contribution in [0.3, 0.4) is 0 Å². The molecule has 0 fully saturated rings. The average Bonchev–Trinajstić information content (AvgIpc) is 3.35. The number of unbranched alkanes of at least 4 members (excludes halogenated alkanes) is 8. The van der Waals surface area contributed by atoms with Gasteiger partial charge in [-0.2, -0.15) is 5.26 Å². The molecule has 0 aromatic heterocycles. The number of nitrogens with zero attached hydrogens (tertiary/aromatic N) is 1. The lowest BCUT2D eigenvalue weighted by Crippen LogP contribution is -2.33. The van der Waals surface area contributed by atoms with Gasteiger partial charge in [-0.15, -0.1) is 0 Å². The number of carbonyl (C=O) groups is 2. The summed E-state index contributed by atoms with van der Waals surface area (Å²) in [6.45, 7) is 2.26. The van der Waals surface area contributed by atoms with Gasteiger partial charge < -0.3 is 25.1 Å². The van der Waals surface area contributed by atoms with E-state index in [1.807, 2.05) is 6.07 Å². The molecule has 0 radical (unpaired) electrons. The Kier molecular flexibility index (Phi) is 7.99. The van der Waals surface area contributed by atoms with E-state index < -0.39 is 23.2 Å². The van der Waals surface area contributed by atoms with Crippen molar-refractivity contribution >= 4 is 11.6 Å². The fourth-order valence-electron chi connectivity index (χ4n) is 4.94. The minimum Gasteiger partial charge on any atom is -0.504 e. The molecule has 0 saturated carbocycles. The molecule has 1 aromatic rings. The van der Waals surface area contributed by atoms with Gasteiger partial charge in [0, 0.05) is 5.57 Å². The number of fused-ring (bicyclic) bond motifs is 1. The first-order valence-corrected chi connectivity index (χ1v) is 12.7. The molecular formula is C28H32N2O6. The third kappa shape index (κ3) is 4.97. The van der Waals surface area contributed by atoms with E-state index in [-0.39, 0.29) is 41.6 Å². The van der Waals surface area contributed by atoms with Crippen LogP contribution in [0.25, 0.3) is 0 Å². The van der Waals surface area contributed by atoms with E-state index in [4.69, 9.17) is 19.9 Å². The minimum absolute atomic E-state index is 0.0102. The zero-order chi connectivity index (χ0) is 25.7. The highest BCUT2D eigenvalue weighted by Crippen LogP contribution is 2.46. The second-order valence-corrected chi connectivity index (χ2v) is 9.34. The summed E-state index contributed by atoms with van der Waals surface area (Å²) in [5, 5.41) is 20.5. The normalized spacial score (nSPS) is 18.9. The van der Waals surface area contributed by atoms with Crippen molar-refractivity contribution in [1.82, 2.24) is 0 Å². The van der Waals surface area contributed by atoms with Crippen LogP contribution in [-0.2, 0) is 14.3 Å². The molecule has 0 spiro atoms. The Morgan fingerprint density at radius 2 is 1.67 bits per heavy atom. The largest absolute Gasteiger partial charge is 0.504 e. The molecule has 8 nitrogen and oxygen atoms in total. The summed E-state index contributed by atoms with van der Waals surface area (Å²) >= 11 is 0. The standard InChI is InChI=1S/C28H32N2O6/c1-2-3-4-5-6-7-8-9-10-11-18-24(31)26(33)23-22(17-12-13-20-21(14-17)35-16-34-20)19(15-29)28(30)36-27(23)25(18)32/h12-14,22,31H,2-11,16,30H2,1H3. The maximum Gasteiger partial charge on any atom is 0.231 e. The first-order chi connectivity index (χ1) is 17.5. The highest BCUT2D eigenvalue weighted by molar-refractivity contribution is 6.24. The van der Waals surface area contributed by atoms with E-state index >= 15 is 0 Å². The van der Waals surface area contributed by atoms with Crippen molar-refractivity contribution in [2.75, 3.05) is 6.79 Å². The molecule has 2 heterocycles. The number of hydrogen-bond acceptors (Lipinski definition) is 8. The molecule has 190 valence electrons. The second-order valence-electron chi connectivity index (χ2n) is 9.34. The molecule has 8 heteroatoms. The lowest BCUT2D eigenvalue weighted by atomic mass is 9.76. The first kappa shape index (κ1) is 25.4. The van der Waals surface area contributed by atoms with Crippen LogP contribution in [0.5, 0.6) is 11.5 Å². The summed E-state index contributed by atoms with van der Waals surface area (Å²) in [5.74, 6) is -2.30. The van der Waals surface area contributed by atoms with Crippen LogP contribution >= 0.6 is 0 Å². The van der Waals surface area contributed by atoms with E-state index in [1.54, 1.807) is 18.2 Å². The van der Waals surface area contributed by atoms with Gasteiger partial charge in [-0.3, -0.25) is 9.59 Å². The summed E-state index contributed by atoms with van der Waals surface area (Å²) in [6, 6.07) is 6.98. The number of aliphatic hydroxyl groups is 1. The average molecular weight is 493 g/mol. The molecule has 1 atom stereocenters. The van der Waals surface area contributed by atoms with Gasteiger partial charge in [0.2, 0.25) is 24.2 Å². The summed E-state index contributed by atoms with van der Waals surface area (Å²) in [6.07, 6.45) is 10.2. The third-order valence-electron chi connectivity index (χ3n) is 6.91. The number of carbonyl (C=O) groups excluding carboxylic acids is 2. The Balaban J connectivity index is 1.50. The van der Waals surface area contributed by atoms with E-state index in [2.05, 4.69) is 6.92 Å². The van der Waals surface area contributed by atoms with Gasteiger partial charge in [0.25, 0.3) is 0 Å². The van der Waals surface area contributed by atoms with Gasteiger partial charge in [-0.25, -0.2) is 0 Å². The highest BCUT2D eigenvalue weighted by atomic mass is 16.7. The lowest BCUT2D eigenvalue weighted by molar-refractivity contribution is -0.120. The number of nitrogens with two attached hydrogens (primary N) is 1. The number of ether oxygens (including phenoxy) is 3. The number of benzene rings is 1. The molecule has 2 aliphatic heterocycles. The van der Waals surface area contributed by atoms with Crippen molar-refractivity contribution in [1.29, 1.82) is 5.26 Å². The molecule has 1 aromatic carbocycles. The van der Waals surface area contributed by atoms with Gasteiger partial charge in [0.05, 0.1) is 11.5 Å². The van der Waals surface area contributed by atoms with Gasteiger partial charge in [-0.1, -0.05) is 64.4 Å². The Morgan fingerprint density at radius 3 is 2.36 bits per heavy atom. The van der Waals surface area contributed by atoms with E-state index in [0.29, 0.717) is 23.5 Å². The van der Waals surface area contributed by atoms with Crippen LogP contribution in [0.2, 0.25) is 0 Å². The minimum atomic E-state index is -0.971. The van der Waals surface area contributed by atoms with Crippen molar-refractivity contribution in [3.8, 4) is 17.6 Å². The van der Waals surface area contributed by atoms with Crippen LogP contribution in [0.1, 0.15) is 82.6 Å². The number of nitriles is 1. The smallest absolute Gasteiger partial charge is 0.231 e. The summed E-state index contributed by atoms with van der Waals surface area (Å²) in [4.78, 5) is 26.7. The number of Topliss-reactive ketones (excluding diaryl/α,β-unsaturated/α-hetero) is 2. The summed E-state index contributed by atoms with van der Waals surface area (Å²) < 4.78 is 16.3. The van der Waals surface area contributed by atoms with Crippen molar-refractivity contribution in [3.05, 3.63) is 57.9 Å². The fraction of sp³-hybridized carbons (Fsp3) is 0.464. The zero-order valence-corrected chi connectivity index (χ0v) is 20.6. The van der Waals surface area contributed by atoms with E-state index in [9.17, 15) is 20.0 Å². The molecule has 0 saturated heterocycles. The Morgan fingerprint density at radius 1 is 1.00 bits per heavy atom. The first-order valence-electron chi connectivity index (χ1n) is 12.7. The number of allylic oxidation sites excluding steroid dienone is 3. The zero-order valence-electron chi connectivity index (χ0n) is 20.6. The second kappa shape index (κ2) is 11.3. The maximum atomic E-state index is 13.3. The maximum absolute atomic E-state index is 13.3. The number of ketones is 2. The predicted octanol–water partition coefficient (Wildman–Crippen LogP) is 5.36. The quantitative estimate of drug-likeness (QED) is 0.312. The molecule has 3 aliphatic rings. The molecule has 0 amide bonds. The fourth-order valence-corrected chi connectivity index (χ4v) is 4.94. The molecule has 1 aliphatic carbocycles. The topological polar surface area (TPSA) is 132 Å². The van der Waals surface area contributed by atoms with Crippen LogP contribution in [0.4, 0.5) is 0 Å². The lowest BCUT2D eigenvalue weighted by Gasteiger charge is -2.30. The van der Waals surface area contributed by atoms with Crippen LogP contribution in [-0.4, -0.2) is 23.5 Å². The number of aliphatic hydroxyl groups excluding tert-OH is 1. The van der Waals surface area contributed by atoms with Crippen molar-refractivity contribution in [2.45, 2.75) is 77.0 Å². The molecule has 1 unspecified atom stereocenters. The third-order valence-corrected chi connectivity index (χ3v) is 6.91. The van der Waals surface area contributed by atoms with Gasteiger partial charge >= 0.3 is 0 Å². The van der Waals surface area contributed by atoms with Crippen molar-refractivity contribution in [3.63, 3.8) is 0 Å². The monoisotopic (exact) mass is 492 g/mol. The number of hydrogen-bond donors (Lipinski definition) is 2. The molecule has 36 heavy (non-hydrogen) atoms. The Hall–Kier alpha value is -3.73.